The first kappa shape index (κ1) is 12.8. The first-order chi connectivity index (χ1) is 7.11. The third-order valence-electron chi connectivity index (χ3n) is 2.92. The van der Waals surface area contributed by atoms with E-state index in [1.54, 1.807) is 0 Å². The van der Waals surface area contributed by atoms with Crippen molar-refractivity contribution in [3.8, 4) is 0 Å². The summed E-state index contributed by atoms with van der Waals surface area (Å²) in [6.45, 7) is 6.32. The number of nitrogens with two attached hydrogens (primary N) is 1. The van der Waals surface area contributed by atoms with E-state index in [2.05, 4.69) is 44.0 Å². The summed E-state index contributed by atoms with van der Waals surface area (Å²) in [7, 11) is 0. The maximum atomic E-state index is 5.87. The lowest BCUT2D eigenvalue weighted by molar-refractivity contribution is 1.13. The van der Waals surface area contributed by atoms with Gasteiger partial charge in [0.2, 0.25) is 0 Å². The first-order valence-electron chi connectivity index (χ1n) is 5.28. The smallest absolute Gasteiger partial charge is 0.127 e. The second-order valence-electron chi connectivity index (χ2n) is 4.02. The van der Waals surface area contributed by atoms with Crippen molar-refractivity contribution in [2.45, 2.75) is 27.2 Å². The molecule has 0 aliphatic rings. The van der Waals surface area contributed by atoms with Gasteiger partial charge in [-0.15, -0.1) is 12.4 Å². The number of anilines is 1. The number of aryl methyl sites for hydroxylation is 3. The van der Waals surface area contributed by atoms with Crippen molar-refractivity contribution < 1.29 is 0 Å². The second-order valence-corrected chi connectivity index (χ2v) is 4.02. The molecule has 3 heteroatoms. The molecular weight excluding hydrogens is 220 g/mol. The van der Waals surface area contributed by atoms with Crippen molar-refractivity contribution in [1.29, 1.82) is 0 Å². The predicted octanol–water partition coefficient (Wildman–Crippen LogP) is 3.42. The average Bonchev–Trinajstić information content (AvgIpc) is 2.20. The maximum absolute atomic E-state index is 5.87. The fraction of sp³-hybridized carbons (Fsp3) is 0.308. The molecule has 2 rings (SSSR count). The molecule has 2 aromatic rings. The van der Waals surface area contributed by atoms with Crippen molar-refractivity contribution in [1.82, 2.24) is 4.98 Å². The molecule has 1 heterocycles. The number of nitrogens with zero attached hydrogens (tertiary/aromatic N) is 1. The Labute approximate surface area is 102 Å². The van der Waals surface area contributed by atoms with Crippen molar-refractivity contribution in [2.24, 2.45) is 0 Å². The number of pyridine rings is 1. The van der Waals surface area contributed by atoms with E-state index in [1.165, 1.54) is 16.5 Å². The lowest BCUT2D eigenvalue weighted by Crippen LogP contribution is -1.97. The number of fused-ring (bicyclic) bond motifs is 1. The SMILES string of the molecule is CCc1cc2cc(C)c(C)cc2nc1N.Cl. The molecule has 0 saturated carbocycles. The quantitative estimate of drug-likeness (QED) is 0.824. The molecular formula is C13H17ClN2. The second kappa shape index (κ2) is 4.71. The van der Waals surface area contributed by atoms with Crippen LogP contribution in [0, 0.1) is 13.8 Å². The molecule has 0 bridgehead atoms. The molecule has 0 unspecified atom stereocenters. The van der Waals surface area contributed by atoms with Crippen molar-refractivity contribution in [3.05, 3.63) is 34.9 Å². The van der Waals surface area contributed by atoms with Gasteiger partial charge >= 0.3 is 0 Å². The van der Waals surface area contributed by atoms with Gasteiger partial charge in [0.1, 0.15) is 5.82 Å². The zero-order valence-corrected chi connectivity index (χ0v) is 10.7. The van der Waals surface area contributed by atoms with Crippen LogP contribution in [-0.4, -0.2) is 4.98 Å². The summed E-state index contributed by atoms with van der Waals surface area (Å²) < 4.78 is 0. The van der Waals surface area contributed by atoms with Gasteiger partial charge in [-0.3, -0.25) is 0 Å². The highest BCUT2D eigenvalue weighted by Crippen LogP contribution is 2.22. The molecule has 2 nitrogen and oxygen atoms in total. The number of hydrogen-bond donors (Lipinski definition) is 1. The van der Waals surface area contributed by atoms with E-state index in [-0.39, 0.29) is 12.4 Å². The van der Waals surface area contributed by atoms with E-state index in [0.29, 0.717) is 5.82 Å². The molecule has 1 aromatic heterocycles. The van der Waals surface area contributed by atoms with Gasteiger partial charge in [-0.25, -0.2) is 4.98 Å². The van der Waals surface area contributed by atoms with E-state index < -0.39 is 0 Å². The summed E-state index contributed by atoms with van der Waals surface area (Å²) in [6, 6.07) is 6.42. The van der Waals surface area contributed by atoms with Crippen LogP contribution in [0.25, 0.3) is 10.9 Å². The third kappa shape index (κ3) is 2.12. The fourth-order valence-electron chi connectivity index (χ4n) is 1.78. The van der Waals surface area contributed by atoms with Gasteiger partial charge in [0.15, 0.2) is 0 Å². The molecule has 0 amide bonds. The van der Waals surface area contributed by atoms with Gasteiger partial charge in [-0.2, -0.15) is 0 Å². The molecule has 0 aliphatic carbocycles. The highest BCUT2D eigenvalue weighted by Gasteiger charge is 2.03. The number of nitrogen functional groups attached to an aromatic ring is 1. The molecule has 0 atom stereocenters. The van der Waals surface area contributed by atoms with Gasteiger partial charge in [0.05, 0.1) is 5.52 Å². The van der Waals surface area contributed by atoms with Crippen LogP contribution in [0.15, 0.2) is 18.2 Å². The summed E-state index contributed by atoms with van der Waals surface area (Å²) in [5, 5.41) is 1.18. The van der Waals surface area contributed by atoms with Crippen LogP contribution in [-0.2, 0) is 6.42 Å². The van der Waals surface area contributed by atoms with Gasteiger partial charge < -0.3 is 5.73 Å². The Bertz CT molecular complexity index is 521. The highest BCUT2D eigenvalue weighted by atomic mass is 35.5. The van der Waals surface area contributed by atoms with Crippen LogP contribution in [0.3, 0.4) is 0 Å². The molecule has 0 radical (unpaired) electrons. The predicted molar refractivity (Wildman–Crippen MR) is 72.3 cm³/mol. The van der Waals surface area contributed by atoms with Gasteiger partial charge in [-0.05, 0) is 55.2 Å². The minimum Gasteiger partial charge on any atom is -0.383 e. The third-order valence-corrected chi connectivity index (χ3v) is 2.92. The average molecular weight is 237 g/mol. The number of hydrogen-bond acceptors (Lipinski definition) is 2. The number of halogens is 1. The van der Waals surface area contributed by atoms with E-state index in [4.69, 9.17) is 5.73 Å². The van der Waals surface area contributed by atoms with E-state index in [9.17, 15) is 0 Å². The Morgan fingerprint density at radius 3 is 2.38 bits per heavy atom. The Morgan fingerprint density at radius 2 is 1.75 bits per heavy atom. The molecule has 0 fully saturated rings. The molecule has 16 heavy (non-hydrogen) atoms. The number of benzene rings is 1. The Morgan fingerprint density at radius 1 is 1.12 bits per heavy atom. The molecule has 1 aromatic carbocycles. The lowest BCUT2D eigenvalue weighted by Gasteiger charge is -2.07. The van der Waals surface area contributed by atoms with Gasteiger partial charge in [-0.1, -0.05) is 6.92 Å². The minimum absolute atomic E-state index is 0. The molecule has 0 saturated heterocycles. The van der Waals surface area contributed by atoms with Gasteiger partial charge in [0, 0.05) is 5.39 Å². The zero-order chi connectivity index (χ0) is 11.0. The van der Waals surface area contributed by atoms with Crippen molar-refractivity contribution in [2.75, 3.05) is 5.73 Å². The monoisotopic (exact) mass is 236 g/mol. The summed E-state index contributed by atoms with van der Waals surface area (Å²) in [6.07, 6.45) is 0.932. The first-order valence-corrected chi connectivity index (χ1v) is 5.28. The van der Waals surface area contributed by atoms with Crippen molar-refractivity contribution >= 4 is 29.1 Å². The van der Waals surface area contributed by atoms with Crippen LogP contribution < -0.4 is 5.73 Å². The van der Waals surface area contributed by atoms with E-state index >= 15 is 0 Å². The standard InChI is InChI=1S/C13H16N2.ClH/c1-4-10-7-11-5-8(2)9(3)6-12(11)15-13(10)14;/h5-7H,4H2,1-3H3,(H2,14,15);1H. The van der Waals surface area contributed by atoms with E-state index in [0.717, 1.165) is 17.5 Å². The van der Waals surface area contributed by atoms with E-state index in [1.807, 2.05) is 0 Å². The van der Waals surface area contributed by atoms with Crippen LogP contribution >= 0.6 is 12.4 Å². The fourth-order valence-corrected chi connectivity index (χ4v) is 1.78. The Balaban J connectivity index is 0.00000128. The topological polar surface area (TPSA) is 38.9 Å². The van der Waals surface area contributed by atoms with Crippen LogP contribution in [0.2, 0.25) is 0 Å². The summed E-state index contributed by atoms with van der Waals surface area (Å²) >= 11 is 0. The number of aromatic nitrogens is 1. The van der Waals surface area contributed by atoms with Crippen LogP contribution in [0.1, 0.15) is 23.6 Å². The van der Waals surface area contributed by atoms with Crippen LogP contribution in [0.4, 0.5) is 5.82 Å². The molecule has 2 N–H and O–H groups in total. The number of rotatable bonds is 1. The Kier molecular flexibility index (Phi) is 3.76. The summed E-state index contributed by atoms with van der Waals surface area (Å²) in [4.78, 5) is 4.43. The molecule has 0 spiro atoms. The lowest BCUT2D eigenvalue weighted by atomic mass is 10.0. The van der Waals surface area contributed by atoms with Crippen molar-refractivity contribution in [3.63, 3.8) is 0 Å². The largest absolute Gasteiger partial charge is 0.383 e. The minimum atomic E-state index is 0. The Hall–Kier alpha value is -1.28. The zero-order valence-electron chi connectivity index (χ0n) is 9.87. The normalized spacial score (nSPS) is 10.2. The molecule has 86 valence electrons. The summed E-state index contributed by atoms with van der Waals surface area (Å²) in [5.41, 5.74) is 10.6. The van der Waals surface area contributed by atoms with Crippen LogP contribution in [0.5, 0.6) is 0 Å². The van der Waals surface area contributed by atoms with Gasteiger partial charge in [0.25, 0.3) is 0 Å². The molecule has 0 aliphatic heterocycles. The highest BCUT2D eigenvalue weighted by molar-refractivity contribution is 5.85. The maximum Gasteiger partial charge on any atom is 0.127 e. The summed E-state index contributed by atoms with van der Waals surface area (Å²) in [5.74, 6) is 0.660.